The molecule has 0 bridgehead atoms. The molecule has 0 spiro atoms. The Morgan fingerprint density at radius 3 is 2.90 bits per heavy atom. The Hall–Kier alpha value is -1.58. The first-order valence-corrected chi connectivity index (χ1v) is 7.49. The summed E-state index contributed by atoms with van der Waals surface area (Å²) in [5.41, 5.74) is 0.912. The molecule has 0 radical (unpaired) electrons. The number of rotatable bonds is 3. The fourth-order valence-corrected chi connectivity index (χ4v) is 2.86. The van der Waals surface area contributed by atoms with Gasteiger partial charge >= 0.3 is 6.03 Å². The highest BCUT2D eigenvalue weighted by molar-refractivity contribution is 5.74. The fourth-order valence-electron chi connectivity index (χ4n) is 2.86. The van der Waals surface area contributed by atoms with Crippen LogP contribution in [0.5, 0.6) is 0 Å². The van der Waals surface area contributed by atoms with E-state index in [1.165, 1.54) is 12.8 Å². The molecule has 3 atom stereocenters. The van der Waals surface area contributed by atoms with Gasteiger partial charge in [-0.3, -0.25) is 4.98 Å². The van der Waals surface area contributed by atoms with Gasteiger partial charge in [-0.1, -0.05) is 32.8 Å². The number of carbonyl (C=O) groups is 1. The summed E-state index contributed by atoms with van der Waals surface area (Å²) in [6.45, 7) is 5.07. The summed E-state index contributed by atoms with van der Waals surface area (Å²) < 4.78 is 0. The van der Waals surface area contributed by atoms with E-state index in [9.17, 15) is 4.79 Å². The summed E-state index contributed by atoms with van der Waals surface area (Å²) >= 11 is 0. The average Bonchev–Trinajstić information content (AvgIpc) is 2.45. The van der Waals surface area contributed by atoms with Crippen molar-refractivity contribution >= 4 is 6.03 Å². The van der Waals surface area contributed by atoms with E-state index in [1.807, 2.05) is 25.2 Å². The van der Waals surface area contributed by atoms with Crippen molar-refractivity contribution in [2.75, 3.05) is 7.05 Å². The van der Waals surface area contributed by atoms with Crippen molar-refractivity contribution in [3.8, 4) is 0 Å². The van der Waals surface area contributed by atoms with Gasteiger partial charge in [0, 0.05) is 19.3 Å². The molecule has 1 aliphatic carbocycles. The highest BCUT2D eigenvalue weighted by Gasteiger charge is 2.28. The van der Waals surface area contributed by atoms with Crippen LogP contribution in [0.2, 0.25) is 0 Å². The Bertz CT molecular complexity index is 435. The first-order chi connectivity index (χ1) is 9.58. The maximum atomic E-state index is 12.3. The molecule has 0 aromatic carbocycles. The van der Waals surface area contributed by atoms with Gasteiger partial charge in [0.15, 0.2) is 0 Å². The van der Waals surface area contributed by atoms with Gasteiger partial charge in [-0.05, 0) is 30.4 Å². The van der Waals surface area contributed by atoms with Gasteiger partial charge in [-0.25, -0.2) is 4.79 Å². The predicted molar refractivity (Wildman–Crippen MR) is 80.2 cm³/mol. The second-order valence-corrected chi connectivity index (χ2v) is 6.00. The Labute approximate surface area is 121 Å². The summed E-state index contributed by atoms with van der Waals surface area (Å²) in [6.07, 6.45) is 5.33. The summed E-state index contributed by atoms with van der Waals surface area (Å²) in [4.78, 5) is 18.2. The molecule has 0 aliphatic heterocycles. The number of carbonyl (C=O) groups excluding carboxylic acids is 1. The average molecular weight is 275 g/mol. The molecular weight excluding hydrogens is 250 g/mol. The summed E-state index contributed by atoms with van der Waals surface area (Å²) in [7, 11) is 1.82. The van der Waals surface area contributed by atoms with Gasteiger partial charge in [-0.15, -0.1) is 0 Å². The van der Waals surface area contributed by atoms with Gasteiger partial charge in [-0.2, -0.15) is 0 Å². The lowest BCUT2D eigenvalue weighted by atomic mass is 9.78. The molecule has 1 saturated carbocycles. The Balaban J connectivity index is 1.87. The van der Waals surface area contributed by atoms with E-state index in [0.717, 1.165) is 12.1 Å². The van der Waals surface area contributed by atoms with Crippen LogP contribution in [-0.2, 0) is 6.54 Å². The molecule has 3 unspecified atom stereocenters. The standard InChI is InChI=1S/C16H25N3O/c1-12-7-6-9-15(13(12)2)18-16(20)19(3)11-14-8-4-5-10-17-14/h4-5,8,10,12-13,15H,6-7,9,11H2,1-3H3,(H,18,20). The first-order valence-electron chi connectivity index (χ1n) is 7.49. The van der Waals surface area contributed by atoms with Crippen LogP contribution in [0.3, 0.4) is 0 Å². The number of amides is 2. The number of aromatic nitrogens is 1. The Kier molecular flexibility index (Phi) is 4.99. The van der Waals surface area contributed by atoms with E-state index in [0.29, 0.717) is 24.4 Å². The summed E-state index contributed by atoms with van der Waals surface area (Å²) in [6, 6.07) is 6.07. The maximum Gasteiger partial charge on any atom is 0.317 e. The van der Waals surface area contributed by atoms with Gasteiger partial charge < -0.3 is 10.2 Å². The second kappa shape index (κ2) is 6.73. The zero-order valence-electron chi connectivity index (χ0n) is 12.7. The van der Waals surface area contributed by atoms with Crippen molar-refractivity contribution in [2.24, 2.45) is 11.8 Å². The third-order valence-corrected chi connectivity index (χ3v) is 4.49. The lowest BCUT2D eigenvalue weighted by Crippen LogP contribution is -2.48. The lowest BCUT2D eigenvalue weighted by molar-refractivity contribution is 0.173. The van der Waals surface area contributed by atoms with Crippen molar-refractivity contribution in [3.05, 3.63) is 30.1 Å². The molecule has 1 aromatic heterocycles. The number of pyridine rings is 1. The predicted octanol–water partition coefficient (Wildman–Crippen LogP) is 3.05. The SMILES string of the molecule is CC1CCCC(NC(=O)N(C)Cc2ccccn2)C1C. The number of urea groups is 1. The normalized spacial score (nSPS) is 26.1. The molecule has 4 heteroatoms. The van der Waals surface area contributed by atoms with Crippen LogP contribution in [0.1, 0.15) is 38.8 Å². The Morgan fingerprint density at radius 1 is 1.40 bits per heavy atom. The molecule has 1 aliphatic rings. The van der Waals surface area contributed by atoms with Gasteiger partial charge in [0.2, 0.25) is 0 Å². The molecule has 20 heavy (non-hydrogen) atoms. The quantitative estimate of drug-likeness (QED) is 0.921. The molecule has 1 N–H and O–H groups in total. The smallest absolute Gasteiger partial charge is 0.317 e. The Morgan fingerprint density at radius 2 is 2.20 bits per heavy atom. The number of hydrogen-bond donors (Lipinski definition) is 1. The maximum absolute atomic E-state index is 12.3. The van der Waals surface area contributed by atoms with Crippen LogP contribution in [0.4, 0.5) is 4.79 Å². The molecule has 4 nitrogen and oxygen atoms in total. The monoisotopic (exact) mass is 275 g/mol. The van der Waals surface area contributed by atoms with Crippen molar-refractivity contribution in [1.82, 2.24) is 15.2 Å². The van der Waals surface area contributed by atoms with Crippen LogP contribution in [0.25, 0.3) is 0 Å². The number of hydrogen-bond acceptors (Lipinski definition) is 2. The van der Waals surface area contributed by atoms with Crippen LogP contribution >= 0.6 is 0 Å². The second-order valence-electron chi connectivity index (χ2n) is 6.00. The number of nitrogens with zero attached hydrogens (tertiary/aromatic N) is 2. The van der Waals surface area contributed by atoms with E-state index in [1.54, 1.807) is 11.1 Å². The van der Waals surface area contributed by atoms with Crippen LogP contribution < -0.4 is 5.32 Å². The van der Waals surface area contributed by atoms with Crippen molar-refractivity contribution in [1.29, 1.82) is 0 Å². The largest absolute Gasteiger partial charge is 0.335 e. The van der Waals surface area contributed by atoms with E-state index < -0.39 is 0 Å². The van der Waals surface area contributed by atoms with E-state index in [-0.39, 0.29) is 6.03 Å². The molecular formula is C16H25N3O. The van der Waals surface area contributed by atoms with Crippen LogP contribution in [0.15, 0.2) is 24.4 Å². The van der Waals surface area contributed by atoms with Crippen molar-refractivity contribution in [2.45, 2.75) is 45.7 Å². The first kappa shape index (κ1) is 14.8. The fraction of sp³-hybridized carbons (Fsp3) is 0.625. The highest BCUT2D eigenvalue weighted by atomic mass is 16.2. The lowest BCUT2D eigenvalue weighted by Gasteiger charge is -2.35. The third kappa shape index (κ3) is 3.71. The zero-order valence-corrected chi connectivity index (χ0v) is 12.7. The highest BCUT2D eigenvalue weighted by Crippen LogP contribution is 2.29. The number of nitrogens with one attached hydrogen (secondary N) is 1. The van der Waals surface area contributed by atoms with Crippen molar-refractivity contribution in [3.63, 3.8) is 0 Å². The van der Waals surface area contributed by atoms with Gasteiger partial charge in [0.25, 0.3) is 0 Å². The van der Waals surface area contributed by atoms with E-state index >= 15 is 0 Å². The van der Waals surface area contributed by atoms with Crippen LogP contribution in [-0.4, -0.2) is 29.0 Å². The third-order valence-electron chi connectivity index (χ3n) is 4.49. The topological polar surface area (TPSA) is 45.2 Å². The molecule has 2 rings (SSSR count). The van der Waals surface area contributed by atoms with Crippen LogP contribution in [0, 0.1) is 11.8 Å². The van der Waals surface area contributed by atoms with E-state index in [2.05, 4.69) is 24.1 Å². The summed E-state index contributed by atoms with van der Waals surface area (Å²) in [5.74, 6) is 1.24. The van der Waals surface area contributed by atoms with Gasteiger partial charge in [0.05, 0.1) is 12.2 Å². The molecule has 0 saturated heterocycles. The molecule has 2 amide bonds. The minimum absolute atomic E-state index is 0.00148. The minimum atomic E-state index is 0.00148. The zero-order chi connectivity index (χ0) is 14.5. The molecule has 1 fully saturated rings. The van der Waals surface area contributed by atoms with Gasteiger partial charge in [0.1, 0.15) is 0 Å². The van der Waals surface area contributed by atoms with Crippen molar-refractivity contribution < 1.29 is 4.79 Å². The molecule has 1 aromatic rings. The minimum Gasteiger partial charge on any atom is -0.335 e. The summed E-state index contributed by atoms with van der Waals surface area (Å²) in [5, 5.41) is 3.18. The molecule has 1 heterocycles. The molecule has 110 valence electrons. The van der Waals surface area contributed by atoms with E-state index in [4.69, 9.17) is 0 Å².